The number of hydrogen-bond donors (Lipinski definition) is 0. The number of ether oxygens (including phenoxy) is 1. The van der Waals surface area contributed by atoms with E-state index >= 15 is 17.6 Å². The second-order valence-electron chi connectivity index (χ2n) is 22.9. The van der Waals surface area contributed by atoms with Gasteiger partial charge >= 0.3 is 29.9 Å². The molecule has 2 saturated carbocycles. The number of alkyl halides is 9. The minimum absolute atomic E-state index is 0.0155. The normalized spacial score (nSPS) is 26.4. The summed E-state index contributed by atoms with van der Waals surface area (Å²) in [4.78, 5) is 13.1. The molecule has 0 heterocycles. The Kier molecular flexibility index (Phi) is 6.79. The van der Waals surface area contributed by atoms with Gasteiger partial charge < -0.3 is 4.74 Å². The van der Waals surface area contributed by atoms with Crippen LogP contribution < -0.4 is 15.7 Å². The molecule has 0 N–H and O–H groups in total. The third-order valence-electron chi connectivity index (χ3n) is 20.8. The number of fused-ring (bicyclic) bond motifs is 8. The largest absolute Gasteiger partial charge is 0.469 e. The molecule has 0 aliphatic heterocycles. The lowest BCUT2D eigenvalue weighted by atomic mass is 9.65. The summed E-state index contributed by atoms with van der Waals surface area (Å²) in [6.45, 7) is 0. The molecule has 8 aliphatic rings. The summed E-state index contributed by atoms with van der Waals surface area (Å²) < 4.78 is 141. The van der Waals surface area contributed by atoms with Crippen molar-refractivity contribution in [1.82, 2.24) is 0 Å². The highest BCUT2D eigenvalue weighted by molar-refractivity contribution is 6.57. The Labute approximate surface area is 425 Å². The molecule has 0 bridgehead atoms. The SMILES string of the molecule is COC(=O)CCCC1(c2cc(=C(C#N)C#N)c(C(F)(F)C(F)(F)C(F)(F)C(F)(F)F)cc2=C(C#N)C#N)C2c3c4c5c6c3c3c(c7ccc8c9ccc%10c%11c%12c%13c(c6c6c%13c(c%119)c8c7c36)=C3C5C(C=C4)C4C=CC%10C%12C34)C21. The first-order valence-electron chi connectivity index (χ1n) is 25.4. The van der Waals surface area contributed by atoms with Crippen LogP contribution in [0.2, 0.25) is 0 Å². The zero-order chi connectivity index (χ0) is 52.7. The monoisotopic (exact) mass is 1030 g/mol. The predicted octanol–water partition coefficient (Wildman–Crippen LogP) is 12.5. The van der Waals surface area contributed by atoms with Gasteiger partial charge in [-0.2, -0.15) is 60.6 Å². The van der Waals surface area contributed by atoms with Gasteiger partial charge in [-0.15, -0.1) is 0 Å². The van der Waals surface area contributed by atoms with Gasteiger partial charge in [0.05, 0.1) is 7.11 Å². The molecule has 15 heteroatoms. The number of nitriles is 4. The molecule has 0 saturated heterocycles. The van der Waals surface area contributed by atoms with Gasteiger partial charge in [0.2, 0.25) is 0 Å². The van der Waals surface area contributed by atoms with Gasteiger partial charge in [-0.3, -0.25) is 4.79 Å². The van der Waals surface area contributed by atoms with E-state index in [1.54, 1.807) is 12.1 Å². The molecule has 6 nitrogen and oxygen atoms in total. The average Bonchev–Trinajstić information content (AvgIpc) is 1.88. The standard InChI is InChI=1S/C62H27F9N4O2/c1-77-33(76)3-2-12-58(31-13-30(20(17-74)18-75)32(14-29(31)19(15-72)16-73)59(63,64)60(65,66)61(67,68)62(69,70)71)56-42-27-10-8-25-23-6-4-21-22-5-7-24-26-9-11-28-41-39(26)46-37(24)35(22)44-34(21)36(23)45-38(25)40(27)47-49(42)50(43(28)57(56)58)48(41)55-53(46)51(44)52(45)54(47)55/h4-11,13-14,21,23,25,34,36,38,56-57H,2-3,12H2,1H3. The van der Waals surface area contributed by atoms with Gasteiger partial charge in [-0.1, -0.05) is 48.6 Å². The number of methoxy groups -OCH3 is 1. The fourth-order valence-electron chi connectivity index (χ4n) is 18.6. The Morgan fingerprint density at radius 3 is 1.94 bits per heavy atom. The number of halogens is 9. The number of rotatable bonds is 8. The van der Waals surface area contributed by atoms with E-state index in [1.165, 1.54) is 84.4 Å². The number of nitrogens with zero attached hydrogens (tertiary/aromatic N) is 4. The summed E-state index contributed by atoms with van der Waals surface area (Å²) in [7, 11) is 1.19. The van der Waals surface area contributed by atoms with Crippen LogP contribution in [0.25, 0.3) is 109 Å². The summed E-state index contributed by atoms with van der Waals surface area (Å²) in [5.41, 5.74) is 1.82. The van der Waals surface area contributed by atoms with Crippen molar-refractivity contribution in [2.75, 3.05) is 7.11 Å². The molecule has 10 aromatic rings. The molecule has 10 aromatic carbocycles. The maximum atomic E-state index is 16.7. The number of carbonyl (C=O) groups is 1. The smallest absolute Gasteiger partial charge is 0.460 e. The lowest BCUT2D eigenvalue weighted by molar-refractivity contribution is -0.399. The second kappa shape index (κ2) is 12.2. The van der Waals surface area contributed by atoms with Crippen molar-refractivity contribution >= 4 is 115 Å². The Balaban J connectivity index is 1.03. The summed E-state index contributed by atoms with van der Waals surface area (Å²) in [6.07, 6.45) is 1.92. The van der Waals surface area contributed by atoms with Gasteiger partial charge in [0.25, 0.3) is 0 Å². The average molecular weight is 1030 g/mol. The van der Waals surface area contributed by atoms with Gasteiger partial charge in [-0.05, 0) is 179 Å². The van der Waals surface area contributed by atoms with Crippen LogP contribution in [0, 0.1) is 63.1 Å². The zero-order valence-electron chi connectivity index (χ0n) is 39.5. The third-order valence-corrected chi connectivity index (χ3v) is 20.8. The van der Waals surface area contributed by atoms with Crippen LogP contribution in [0.5, 0.6) is 0 Å². The van der Waals surface area contributed by atoms with Gasteiger partial charge in [0.15, 0.2) is 0 Å². The maximum absolute atomic E-state index is 16.7. The predicted molar refractivity (Wildman–Crippen MR) is 266 cm³/mol. The Morgan fingerprint density at radius 1 is 0.610 bits per heavy atom. The van der Waals surface area contributed by atoms with Crippen molar-refractivity contribution in [2.24, 2.45) is 17.8 Å². The van der Waals surface area contributed by atoms with E-state index in [-0.39, 0.29) is 66.4 Å². The molecule has 18 rings (SSSR count). The first kappa shape index (κ1) is 42.8. The molecule has 8 aliphatic carbocycles. The Hall–Kier alpha value is -8.40. The number of esters is 1. The highest BCUT2D eigenvalue weighted by Crippen LogP contribution is 2.81. The highest BCUT2D eigenvalue weighted by Gasteiger charge is 2.82. The third kappa shape index (κ3) is 3.89. The van der Waals surface area contributed by atoms with E-state index in [2.05, 4.69) is 48.6 Å². The van der Waals surface area contributed by atoms with Crippen LogP contribution in [-0.2, 0) is 20.9 Å². The van der Waals surface area contributed by atoms with Crippen LogP contribution in [0.3, 0.4) is 0 Å². The zero-order valence-corrected chi connectivity index (χ0v) is 39.5. The van der Waals surface area contributed by atoms with Crippen LogP contribution in [0.15, 0.2) is 54.6 Å². The fraction of sp³-hybridized carbons (Fsp3) is 0.274. The summed E-state index contributed by atoms with van der Waals surface area (Å²) in [5, 5.41) is 59.3. The molecule has 77 heavy (non-hydrogen) atoms. The van der Waals surface area contributed by atoms with E-state index in [1.807, 2.05) is 0 Å². The lowest BCUT2D eigenvalue weighted by Gasteiger charge is -2.37. The van der Waals surface area contributed by atoms with Crippen molar-refractivity contribution in [3.05, 3.63) is 115 Å². The molecular formula is C62H27F9N4O2. The van der Waals surface area contributed by atoms with Gasteiger partial charge in [0, 0.05) is 57.4 Å². The minimum atomic E-state index is -7.37. The van der Waals surface area contributed by atoms with Crippen LogP contribution in [0.4, 0.5) is 39.5 Å². The van der Waals surface area contributed by atoms with Crippen molar-refractivity contribution in [1.29, 1.82) is 21.0 Å². The van der Waals surface area contributed by atoms with Crippen LogP contribution >= 0.6 is 0 Å². The molecule has 370 valence electrons. The number of hydrogen-bond acceptors (Lipinski definition) is 6. The molecule has 0 amide bonds. The quantitative estimate of drug-likeness (QED) is 0.0647. The summed E-state index contributed by atoms with van der Waals surface area (Å²) in [5.74, 6) is -22.3. The maximum Gasteiger partial charge on any atom is 0.460 e. The van der Waals surface area contributed by atoms with Crippen molar-refractivity contribution in [2.45, 2.75) is 78.2 Å². The number of carbonyl (C=O) groups excluding carboxylic acids is 1. The van der Waals surface area contributed by atoms with E-state index in [4.69, 9.17) is 4.74 Å². The fourth-order valence-corrected chi connectivity index (χ4v) is 18.6. The van der Waals surface area contributed by atoms with Crippen molar-refractivity contribution in [3.63, 3.8) is 0 Å². The van der Waals surface area contributed by atoms with Crippen LogP contribution in [-0.4, -0.2) is 31.1 Å². The molecule has 9 atom stereocenters. The summed E-state index contributed by atoms with van der Waals surface area (Å²) >= 11 is 0. The minimum Gasteiger partial charge on any atom is -0.469 e. The molecular weight excluding hydrogens is 1000 g/mol. The molecule has 9 unspecified atom stereocenters. The first-order valence-corrected chi connectivity index (χ1v) is 25.4. The topological polar surface area (TPSA) is 121 Å². The van der Waals surface area contributed by atoms with E-state index in [9.17, 15) is 47.8 Å². The Bertz CT molecular complexity index is 5090. The molecule has 0 spiro atoms. The van der Waals surface area contributed by atoms with E-state index < -0.39 is 74.3 Å². The molecule has 0 radical (unpaired) electrons. The first-order chi connectivity index (χ1) is 36.9. The molecule has 0 aromatic heterocycles. The number of benzene rings is 6. The van der Waals surface area contributed by atoms with E-state index in [0.717, 1.165) is 71.2 Å². The lowest BCUT2D eigenvalue weighted by Crippen LogP contribution is -2.60. The van der Waals surface area contributed by atoms with Crippen molar-refractivity contribution < 1.29 is 49.0 Å². The van der Waals surface area contributed by atoms with Gasteiger partial charge in [-0.25, -0.2) is 0 Å². The van der Waals surface area contributed by atoms with Crippen molar-refractivity contribution in [3.8, 4) is 24.3 Å². The summed E-state index contributed by atoms with van der Waals surface area (Å²) in [6, 6.07) is 15.7. The van der Waals surface area contributed by atoms with E-state index in [0.29, 0.717) is 0 Å². The van der Waals surface area contributed by atoms with Crippen LogP contribution in [0.1, 0.15) is 93.4 Å². The highest BCUT2D eigenvalue weighted by atomic mass is 19.4. The van der Waals surface area contributed by atoms with Gasteiger partial charge in [0.1, 0.15) is 35.4 Å². The number of allylic oxidation sites excluding steroid dienone is 3. The Morgan fingerprint density at radius 2 is 1.22 bits per heavy atom. The molecule has 2 fully saturated rings. The second-order valence-corrected chi connectivity index (χ2v) is 22.9.